The van der Waals surface area contributed by atoms with Crippen LogP contribution in [0.15, 0.2) is 41.8 Å². The Morgan fingerprint density at radius 2 is 2.14 bits per heavy atom. The summed E-state index contributed by atoms with van der Waals surface area (Å²) in [5.74, 6) is -0.327. The van der Waals surface area contributed by atoms with Crippen molar-refractivity contribution in [3.63, 3.8) is 0 Å². The Bertz CT molecular complexity index is 673. The fourth-order valence-corrected chi connectivity index (χ4v) is 3.13. The van der Waals surface area contributed by atoms with E-state index in [1.165, 1.54) is 0 Å². The molecule has 2 atom stereocenters. The van der Waals surface area contributed by atoms with Gasteiger partial charge in [0, 0.05) is 9.90 Å². The highest BCUT2D eigenvalue weighted by Gasteiger charge is 2.31. The molecule has 1 aromatic carbocycles. The standard InChI is InChI=1S/C15H13ClN2O3S/c16-10-5-3-9(4-6-10)13(12-2-1-7-22-12)18-14(19)11-8-17-15(20)21-11/h1-7,11,13H,8H2,(H,17,20)(H,18,19). The van der Waals surface area contributed by atoms with Gasteiger partial charge in [-0.25, -0.2) is 4.79 Å². The van der Waals surface area contributed by atoms with Gasteiger partial charge in [0.2, 0.25) is 0 Å². The minimum Gasteiger partial charge on any atom is -0.434 e. The van der Waals surface area contributed by atoms with E-state index in [2.05, 4.69) is 10.6 Å². The number of cyclic esters (lactones) is 1. The molecule has 5 nitrogen and oxygen atoms in total. The minimum absolute atomic E-state index is 0.183. The molecule has 3 rings (SSSR count). The lowest BCUT2D eigenvalue weighted by Crippen LogP contribution is -2.39. The summed E-state index contributed by atoms with van der Waals surface area (Å²) in [6.45, 7) is 0.183. The lowest BCUT2D eigenvalue weighted by Gasteiger charge is -2.19. The molecule has 2 N–H and O–H groups in total. The van der Waals surface area contributed by atoms with Crippen LogP contribution in [-0.2, 0) is 9.53 Å². The van der Waals surface area contributed by atoms with Crippen LogP contribution in [0.4, 0.5) is 4.79 Å². The Kier molecular flexibility index (Phi) is 4.31. The van der Waals surface area contributed by atoms with E-state index in [-0.39, 0.29) is 18.5 Å². The summed E-state index contributed by atoms with van der Waals surface area (Å²) in [5.41, 5.74) is 0.914. The van der Waals surface area contributed by atoms with E-state index < -0.39 is 12.2 Å². The van der Waals surface area contributed by atoms with Crippen LogP contribution in [0.1, 0.15) is 16.5 Å². The number of carbonyl (C=O) groups excluding carboxylic acids is 2. The Morgan fingerprint density at radius 3 is 2.73 bits per heavy atom. The van der Waals surface area contributed by atoms with Gasteiger partial charge in [0.1, 0.15) is 0 Å². The van der Waals surface area contributed by atoms with E-state index in [1.807, 2.05) is 29.6 Å². The zero-order valence-corrected chi connectivity index (χ0v) is 13.0. The zero-order valence-electron chi connectivity index (χ0n) is 11.4. The van der Waals surface area contributed by atoms with E-state index in [4.69, 9.17) is 16.3 Å². The number of halogens is 1. The van der Waals surface area contributed by atoms with Crippen molar-refractivity contribution in [2.75, 3.05) is 6.54 Å². The third kappa shape index (κ3) is 3.23. The van der Waals surface area contributed by atoms with E-state index in [0.717, 1.165) is 10.4 Å². The quantitative estimate of drug-likeness (QED) is 0.902. The third-order valence-electron chi connectivity index (χ3n) is 3.29. The van der Waals surface area contributed by atoms with Crippen LogP contribution in [0.3, 0.4) is 0 Å². The average Bonchev–Trinajstić information content (AvgIpc) is 3.17. The molecule has 0 radical (unpaired) electrons. The largest absolute Gasteiger partial charge is 0.434 e. The van der Waals surface area contributed by atoms with Gasteiger partial charge in [-0.3, -0.25) is 4.79 Å². The first kappa shape index (κ1) is 14.9. The smallest absolute Gasteiger partial charge is 0.408 e. The van der Waals surface area contributed by atoms with Crippen molar-refractivity contribution in [1.29, 1.82) is 0 Å². The summed E-state index contributed by atoms with van der Waals surface area (Å²) in [4.78, 5) is 24.3. The molecule has 2 aromatic rings. The van der Waals surface area contributed by atoms with Gasteiger partial charge in [-0.1, -0.05) is 29.8 Å². The first-order chi connectivity index (χ1) is 10.6. The number of alkyl carbamates (subject to hydrolysis) is 1. The maximum absolute atomic E-state index is 12.3. The monoisotopic (exact) mass is 336 g/mol. The number of benzene rings is 1. The molecule has 1 aromatic heterocycles. The highest BCUT2D eigenvalue weighted by molar-refractivity contribution is 7.10. The van der Waals surface area contributed by atoms with Crippen molar-refractivity contribution in [3.05, 3.63) is 57.2 Å². The first-order valence-corrected chi connectivity index (χ1v) is 7.93. The van der Waals surface area contributed by atoms with Crippen molar-refractivity contribution in [2.24, 2.45) is 0 Å². The summed E-state index contributed by atoms with van der Waals surface area (Å²) in [6, 6.07) is 10.9. The molecule has 0 aliphatic carbocycles. The van der Waals surface area contributed by atoms with Gasteiger partial charge in [0.05, 0.1) is 12.6 Å². The maximum atomic E-state index is 12.3. The molecule has 0 bridgehead atoms. The van der Waals surface area contributed by atoms with E-state index in [1.54, 1.807) is 23.5 Å². The highest BCUT2D eigenvalue weighted by atomic mass is 35.5. The molecule has 0 spiro atoms. The number of thiophene rings is 1. The van der Waals surface area contributed by atoms with Gasteiger partial charge >= 0.3 is 6.09 Å². The normalized spacial score (nSPS) is 18.4. The molecular formula is C15H13ClN2O3S. The molecular weight excluding hydrogens is 324 g/mol. The molecule has 0 saturated carbocycles. The molecule has 1 aliphatic heterocycles. The van der Waals surface area contributed by atoms with Crippen LogP contribution in [0.2, 0.25) is 5.02 Å². The molecule has 7 heteroatoms. The van der Waals surface area contributed by atoms with Crippen molar-refractivity contribution in [3.8, 4) is 0 Å². The van der Waals surface area contributed by atoms with Gasteiger partial charge in [-0.2, -0.15) is 0 Å². The van der Waals surface area contributed by atoms with Gasteiger partial charge in [-0.15, -0.1) is 11.3 Å². The van der Waals surface area contributed by atoms with Gasteiger partial charge < -0.3 is 15.4 Å². The number of nitrogens with one attached hydrogen (secondary N) is 2. The van der Waals surface area contributed by atoms with Gasteiger partial charge in [0.15, 0.2) is 6.10 Å². The Labute approximate surface area is 136 Å². The van der Waals surface area contributed by atoms with Crippen LogP contribution in [0.5, 0.6) is 0 Å². The number of hydrogen-bond acceptors (Lipinski definition) is 4. The third-order valence-corrected chi connectivity index (χ3v) is 4.48. The van der Waals surface area contributed by atoms with Crippen LogP contribution in [0.25, 0.3) is 0 Å². The molecule has 2 unspecified atom stereocenters. The predicted molar refractivity (Wildman–Crippen MR) is 84.0 cm³/mol. The highest BCUT2D eigenvalue weighted by Crippen LogP contribution is 2.27. The van der Waals surface area contributed by atoms with Crippen molar-refractivity contribution < 1.29 is 14.3 Å². The second kappa shape index (κ2) is 6.37. The number of rotatable bonds is 4. The Morgan fingerprint density at radius 1 is 1.36 bits per heavy atom. The van der Waals surface area contributed by atoms with Gasteiger partial charge in [0.25, 0.3) is 5.91 Å². The summed E-state index contributed by atoms with van der Waals surface area (Å²) in [7, 11) is 0. The number of amides is 2. The van der Waals surface area contributed by atoms with E-state index in [0.29, 0.717) is 5.02 Å². The molecule has 2 amide bonds. The molecule has 1 fully saturated rings. The lowest BCUT2D eigenvalue weighted by molar-refractivity contribution is -0.128. The SMILES string of the molecule is O=C1NCC(C(=O)NC(c2ccc(Cl)cc2)c2cccs2)O1. The molecule has 114 valence electrons. The van der Waals surface area contributed by atoms with Crippen LogP contribution < -0.4 is 10.6 Å². The minimum atomic E-state index is -0.803. The Balaban J connectivity index is 1.81. The zero-order chi connectivity index (χ0) is 15.5. The van der Waals surface area contributed by atoms with Crippen LogP contribution in [-0.4, -0.2) is 24.6 Å². The summed E-state index contributed by atoms with van der Waals surface area (Å²) < 4.78 is 4.92. The second-order valence-electron chi connectivity index (χ2n) is 4.78. The van der Waals surface area contributed by atoms with E-state index in [9.17, 15) is 9.59 Å². The molecule has 22 heavy (non-hydrogen) atoms. The molecule has 2 heterocycles. The predicted octanol–water partition coefficient (Wildman–Crippen LogP) is 2.72. The van der Waals surface area contributed by atoms with Crippen LogP contribution in [0, 0.1) is 0 Å². The van der Waals surface area contributed by atoms with Crippen molar-refractivity contribution >= 4 is 34.9 Å². The summed E-state index contributed by atoms with van der Waals surface area (Å²) in [5, 5.41) is 7.98. The average molecular weight is 337 g/mol. The fraction of sp³-hybridized carbons (Fsp3) is 0.200. The summed E-state index contributed by atoms with van der Waals surface area (Å²) in [6.07, 6.45) is -1.37. The number of carbonyl (C=O) groups is 2. The molecule has 1 saturated heterocycles. The maximum Gasteiger partial charge on any atom is 0.408 e. The first-order valence-electron chi connectivity index (χ1n) is 6.67. The topological polar surface area (TPSA) is 67.4 Å². The summed E-state index contributed by atoms with van der Waals surface area (Å²) >= 11 is 7.46. The second-order valence-corrected chi connectivity index (χ2v) is 6.20. The van der Waals surface area contributed by atoms with Crippen LogP contribution >= 0.6 is 22.9 Å². The van der Waals surface area contributed by atoms with Crippen molar-refractivity contribution in [2.45, 2.75) is 12.1 Å². The fourth-order valence-electron chi connectivity index (χ4n) is 2.20. The Hall–Kier alpha value is -2.05. The van der Waals surface area contributed by atoms with E-state index >= 15 is 0 Å². The number of ether oxygens (including phenoxy) is 1. The number of hydrogen-bond donors (Lipinski definition) is 2. The van der Waals surface area contributed by atoms with Crippen molar-refractivity contribution in [1.82, 2.24) is 10.6 Å². The molecule has 1 aliphatic rings. The van der Waals surface area contributed by atoms with Gasteiger partial charge in [-0.05, 0) is 29.1 Å². The lowest BCUT2D eigenvalue weighted by atomic mass is 10.0.